The molecule has 1 aliphatic heterocycles. The number of morpholine rings is 1. The summed E-state index contributed by atoms with van der Waals surface area (Å²) in [5.74, 6) is 1.46. The van der Waals surface area contributed by atoms with Crippen molar-refractivity contribution in [3.63, 3.8) is 0 Å². The standard InChI is InChI=1S/C17H23N7O3S2/c1-3-6-24-15-5-4-13(29(25,26)23-7-9-27-10-8-23)11-14(15)18-16(24)12-28-17-19-20-21-22(17)2/h4-5,11H,3,6-10,12H2,1-2H3. The van der Waals surface area contributed by atoms with Crippen LogP contribution in [0.3, 0.4) is 0 Å². The van der Waals surface area contributed by atoms with E-state index in [0.29, 0.717) is 42.7 Å². The van der Waals surface area contributed by atoms with Crippen LogP contribution in [0.5, 0.6) is 0 Å². The van der Waals surface area contributed by atoms with E-state index in [1.807, 2.05) is 6.07 Å². The van der Waals surface area contributed by atoms with Gasteiger partial charge in [0.05, 0.1) is 34.9 Å². The van der Waals surface area contributed by atoms with Crippen molar-refractivity contribution in [1.82, 2.24) is 34.1 Å². The van der Waals surface area contributed by atoms with E-state index in [1.54, 1.807) is 23.9 Å². The average Bonchev–Trinajstić information content (AvgIpc) is 3.30. The van der Waals surface area contributed by atoms with Crippen LogP contribution in [0.2, 0.25) is 0 Å². The van der Waals surface area contributed by atoms with Gasteiger partial charge in [-0.2, -0.15) is 4.31 Å². The summed E-state index contributed by atoms with van der Waals surface area (Å²) in [6.07, 6.45) is 0.947. The molecule has 3 heterocycles. The van der Waals surface area contributed by atoms with Crippen LogP contribution < -0.4 is 0 Å². The fourth-order valence-corrected chi connectivity index (χ4v) is 5.54. The summed E-state index contributed by atoms with van der Waals surface area (Å²) in [4.78, 5) is 5.00. The summed E-state index contributed by atoms with van der Waals surface area (Å²) in [6.45, 7) is 4.50. The van der Waals surface area contributed by atoms with E-state index in [4.69, 9.17) is 9.72 Å². The highest BCUT2D eigenvalue weighted by Crippen LogP contribution is 2.26. The molecule has 0 atom stereocenters. The monoisotopic (exact) mass is 437 g/mol. The first kappa shape index (κ1) is 20.3. The highest BCUT2D eigenvalue weighted by molar-refractivity contribution is 7.98. The Morgan fingerprint density at radius 3 is 2.72 bits per heavy atom. The summed E-state index contributed by atoms with van der Waals surface area (Å²) in [7, 11) is -1.76. The third kappa shape index (κ3) is 4.02. The third-order valence-electron chi connectivity index (χ3n) is 4.77. The van der Waals surface area contributed by atoms with E-state index >= 15 is 0 Å². The van der Waals surface area contributed by atoms with Crippen LogP contribution in [0.15, 0.2) is 28.3 Å². The maximum absolute atomic E-state index is 13.0. The fraction of sp³-hybridized carbons (Fsp3) is 0.529. The smallest absolute Gasteiger partial charge is 0.243 e. The van der Waals surface area contributed by atoms with E-state index in [1.165, 1.54) is 16.1 Å². The van der Waals surface area contributed by atoms with Gasteiger partial charge in [0.2, 0.25) is 15.2 Å². The number of sulfonamides is 1. The number of benzene rings is 1. The van der Waals surface area contributed by atoms with Gasteiger partial charge in [0.15, 0.2) is 0 Å². The number of thioether (sulfide) groups is 1. The Balaban J connectivity index is 1.66. The largest absolute Gasteiger partial charge is 0.379 e. The Labute approximate surface area is 173 Å². The Bertz CT molecular complexity index is 1100. The summed E-state index contributed by atoms with van der Waals surface area (Å²) in [5.41, 5.74) is 1.61. The number of aromatic nitrogens is 6. The lowest BCUT2D eigenvalue weighted by molar-refractivity contribution is 0.0730. The highest BCUT2D eigenvalue weighted by atomic mass is 32.2. The van der Waals surface area contributed by atoms with Gasteiger partial charge in [-0.3, -0.25) is 0 Å². The van der Waals surface area contributed by atoms with Crippen LogP contribution in [-0.2, 0) is 34.1 Å². The number of nitrogens with zero attached hydrogens (tertiary/aromatic N) is 7. The lowest BCUT2D eigenvalue weighted by Crippen LogP contribution is -2.40. The summed E-state index contributed by atoms with van der Waals surface area (Å²) in [5, 5.41) is 12.2. The normalized spacial score (nSPS) is 15.9. The second-order valence-electron chi connectivity index (χ2n) is 6.72. The zero-order valence-corrected chi connectivity index (χ0v) is 18.0. The summed E-state index contributed by atoms with van der Waals surface area (Å²) < 4.78 is 36.4. The van der Waals surface area contributed by atoms with Crippen molar-refractivity contribution in [3.05, 3.63) is 24.0 Å². The van der Waals surface area contributed by atoms with Crippen molar-refractivity contribution in [2.45, 2.75) is 35.7 Å². The Kier molecular flexibility index (Phi) is 5.86. The zero-order chi connectivity index (χ0) is 20.4. The molecule has 0 aliphatic carbocycles. The summed E-state index contributed by atoms with van der Waals surface area (Å²) in [6, 6.07) is 5.19. The number of hydrogen-bond acceptors (Lipinski definition) is 8. The van der Waals surface area contributed by atoms with Crippen molar-refractivity contribution in [2.75, 3.05) is 26.3 Å². The van der Waals surface area contributed by atoms with Crippen molar-refractivity contribution in [3.8, 4) is 0 Å². The molecule has 29 heavy (non-hydrogen) atoms. The average molecular weight is 438 g/mol. The molecule has 0 saturated carbocycles. The minimum absolute atomic E-state index is 0.268. The van der Waals surface area contributed by atoms with Crippen LogP contribution in [-0.4, -0.2) is 68.8 Å². The molecule has 1 saturated heterocycles. The van der Waals surface area contributed by atoms with Gasteiger partial charge in [0, 0.05) is 26.7 Å². The minimum atomic E-state index is -3.55. The molecular weight excluding hydrogens is 414 g/mol. The molecule has 1 aliphatic rings. The van der Waals surface area contributed by atoms with Gasteiger partial charge < -0.3 is 9.30 Å². The molecule has 0 amide bonds. The molecule has 1 aromatic carbocycles. The first-order valence-electron chi connectivity index (χ1n) is 9.43. The molecule has 156 valence electrons. The lowest BCUT2D eigenvalue weighted by atomic mass is 10.3. The molecule has 0 radical (unpaired) electrons. The topological polar surface area (TPSA) is 108 Å². The van der Waals surface area contributed by atoms with Gasteiger partial charge in [-0.25, -0.2) is 18.1 Å². The second-order valence-corrected chi connectivity index (χ2v) is 9.60. The van der Waals surface area contributed by atoms with E-state index in [0.717, 1.165) is 24.3 Å². The van der Waals surface area contributed by atoms with E-state index in [9.17, 15) is 8.42 Å². The molecule has 1 fully saturated rings. The van der Waals surface area contributed by atoms with Gasteiger partial charge >= 0.3 is 0 Å². The Morgan fingerprint density at radius 1 is 1.24 bits per heavy atom. The third-order valence-corrected chi connectivity index (χ3v) is 7.67. The highest BCUT2D eigenvalue weighted by Gasteiger charge is 2.27. The van der Waals surface area contributed by atoms with Crippen LogP contribution in [0.4, 0.5) is 0 Å². The van der Waals surface area contributed by atoms with Gasteiger partial charge in [0.1, 0.15) is 5.82 Å². The van der Waals surface area contributed by atoms with Crippen molar-refractivity contribution in [2.24, 2.45) is 7.05 Å². The number of fused-ring (bicyclic) bond motifs is 1. The number of rotatable bonds is 7. The molecule has 2 aromatic heterocycles. The molecule has 10 nitrogen and oxygen atoms in total. The molecule has 0 N–H and O–H groups in total. The lowest BCUT2D eigenvalue weighted by Gasteiger charge is -2.26. The predicted molar refractivity (Wildman–Crippen MR) is 108 cm³/mol. The van der Waals surface area contributed by atoms with Crippen LogP contribution in [0, 0.1) is 0 Å². The fourth-order valence-electron chi connectivity index (χ4n) is 3.31. The maximum Gasteiger partial charge on any atom is 0.243 e. The van der Waals surface area contributed by atoms with Crippen molar-refractivity contribution >= 4 is 32.8 Å². The molecule has 0 unspecified atom stereocenters. The zero-order valence-electron chi connectivity index (χ0n) is 16.4. The number of aryl methyl sites for hydroxylation is 2. The molecular formula is C17H23N7O3S2. The molecule has 0 spiro atoms. The Morgan fingerprint density at radius 2 is 2.03 bits per heavy atom. The molecule has 0 bridgehead atoms. The van der Waals surface area contributed by atoms with E-state index < -0.39 is 10.0 Å². The minimum Gasteiger partial charge on any atom is -0.379 e. The van der Waals surface area contributed by atoms with Gasteiger partial charge in [-0.15, -0.1) is 5.10 Å². The van der Waals surface area contributed by atoms with Gasteiger partial charge in [-0.05, 0) is 35.0 Å². The van der Waals surface area contributed by atoms with Crippen molar-refractivity contribution in [1.29, 1.82) is 0 Å². The van der Waals surface area contributed by atoms with Crippen LogP contribution in [0.25, 0.3) is 11.0 Å². The van der Waals surface area contributed by atoms with Crippen molar-refractivity contribution < 1.29 is 13.2 Å². The molecule has 12 heteroatoms. The first-order valence-corrected chi connectivity index (χ1v) is 11.9. The first-order chi connectivity index (χ1) is 14.0. The molecule has 4 rings (SSSR count). The number of ether oxygens (including phenoxy) is 1. The quantitative estimate of drug-likeness (QED) is 0.509. The number of tetrazole rings is 1. The van der Waals surface area contributed by atoms with Crippen LogP contribution >= 0.6 is 11.8 Å². The predicted octanol–water partition coefficient (Wildman–Crippen LogP) is 1.28. The number of imidazole rings is 1. The summed E-state index contributed by atoms with van der Waals surface area (Å²) >= 11 is 1.50. The van der Waals surface area contributed by atoms with Gasteiger partial charge in [-0.1, -0.05) is 18.7 Å². The SMILES string of the molecule is CCCn1c(CSc2nnnn2C)nc2cc(S(=O)(=O)N3CCOCC3)ccc21. The Hall–Kier alpha value is -2.02. The molecule has 3 aromatic rings. The maximum atomic E-state index is 13.0. The van der Waals surface area contributed by atoms with E-state index in [-0.39, 0.29) is 4.90 Å². The van der Waals surface area contributed by atoms with E-state index in [2.05, 4.69) is 27.0 Å². The van der Waals surface area contributed by atoms with Gasteiger partial charge in [0.25, 0.3) is 0 Å². The number of hydrogen-bond donors (Lipinski definition) is 0. The second kappa shape index (κ2) is 8.38. The van der Waals surface area contributed by atoms with Crippen LogP contribution in [0.1, 0.15) is 19.2 Å².